The van der Waals surface area contributed by atoms with Crippen molar-refractivity contribution in [3.05, 3.63) is 23.9 Å². The summed E-state index contributed by atoms with van der Waals surface area (Å²) in [5.74, 6) is -3.33. The summed E-state index contributed by atoms with van der Waals surface area (Å²) in [4.78, 5) is 11.6. The van der Waals surface area contributed by atoms with E-state index in [9.17, 15) is 13.6 Å². The fourth-order valence-corrected chi connectivity index (χ4v) is 1.72. The van der Waals surface area contributed by atoms with Gasteiger partial charge in [-0.3, -0.25) is 10.1 Å². The molecule has 0 bridgehead atoms. The maximum atomic E-state index is 12.6. The van der Waals surface area contributed by atoms with Crippen LogP contribution < -0.4 is 5.32 Å². The number of rotatable bonds is 4. The van der Waals surface area contributed by atoms with E-state index in [0.717, 1.165) is 5.69 Å². The smallest absolute Gasteiger partial charge is 0.251 e. The maximum Gasteiger partial charge on any atom is 0.251 e. The van der Waals surface area contributed by atoms with E-state index < -0.39 is 17.7 Å². The average Bonchev–Trinajstić information content (AvgIpc) is 2.74. The van der Waals surface area contributed by atoms with Gasteiger partial charge in [-0.25, -0.2) is 8.78 Å². The molecule has 110 valence electrons. The standard InChI is InChI=1S/C14H18F2N2O2/c1-13(2,3)10-7-12(20-18-10)17-11(19)6-4-5-9-8-14(9,15)16/h4,6-7,9H,5,8H2,1-3H3,(H,17,19)/b6-4+. The monoisotopic (exact) mass is 284 g/mol. The summed E-state index contributed by atoms with van der Waals surface area (Å²) in [6.45, 7) is 5.94. The lowest BCUT2D eigenvalue weighted by molar-refractivity contribution is -0.112. The Balaban J connectivity index is 1.82. The van der Waals surface area contributed by atoms with E-state index in [2.05, 4.69) is 10.5 Å². The second kappa shape index (κ2) is 5.00. The topological polar surface area (TPSA) is 55.1 Å². The number of nitrogens with one attached hydrogen (secondary N) is 1. The van der Waals surface area contributed by atoms with Gasteiger partial charge in [-0.05, 0) is 12.5 Å². The first kappa shape index (κ1) is 14.7. The zero-order valence-corrected chi connectivity index (χ0v) is 11.7. The SMILES string of the molecule is CC(C)(C)c1cc(NC(=O)/C=C/CC2CC2(F)F)on1. The molecule has 1 fully saturated rings. The van der Waals surface area contributed by atoms with E-state index in [0.29, 0.717) is 0 Å². The summed E-state index contributed by atoms with van der Waals surface area (Å²) >= 11 is 0. The molecule has 0 spiro atoms. The van der Waals surface area contributed by atoms with E-state index >= 15 is 0 Å². The van der Waals surface area contributed by atoms with Gasteiger partial charge in [0.2, 0.25) is 11.8 Å². The fraction of sp³-hybridized carbons (Fsp3) is 0.571. The van der Waals surface area contributed by atoms with Crippen LogP contribution in [0.3, 0.4) is 0 Å². The fourth-order valence-electron chi connectivity index (χ4n) is 1.72. The van der Waals surface area contributed by atoms with E-state index in [-0.39, 0.29) is 24.1 Å². The Labute approximate surface area is 116 Å². The molecule has 1 atom stereocenters. The third kappa shape index (κ3) is 3.65. The highest BCUT2D eigenvalue weighted by molar-refractivity contribution is 5.98. The van der Waals surface area contributed by atoms with Crippen molar-refractivity contribution in [1.29, 1.82) is 0 Å². The molecule has 1 aliphatic rings. The number of halogens is 2. The summed E-state index contributed by atoms with van der Waals surface area (Å²) in [5, 5.41) is 6.37. The predicted octanol–water partition coefficient (Wildman–Crippen LogP) is 3.51. The van der Waals surface area contributed by atoms with Crippen molar-refractivity contribution in [2.45, 2.75) is 45.0 Å². The van der Waals surface area contributed by atoms with Gasteiger partial charge in [-0.15, -0.1) is 0 Å². The van der Waals surface area contributed by atoms with Gasteiger partial charge in [-0.1, -0.05) is 32.0 Å². The van der Waals surface area contributed by atoms with Gasteiger partial charge < -0.3 is 4.52 Å². The largest absolute Gasteiger partial charge is 0.338 e. The summed E-state index contributed by atoms with van der Waals surface area (Å²) in [6.07, 6.45) is 2.83. The third-order valence-corrected chi connectivity index (χ3v) is 3.17. The number of hydrogen-bond donors (Lipinski definition) is 1. The first-order valence-corrected chi connectivity index (χ1v) is 6.51. The minimum atomic E-state index is -2.55. The maximum absolute atomic E-state index is 12.6. The van der Waals surface area contributed by atoms with Crippen LogP contribution >= 0.6 is 0 Å². The number of amides is 1. The molecule has 1 heterocycles. The van der Waals surface area contributed by atoms with E-state index in [1.54, 1.807) is 6.07 Å². The first-order valence-electron chi connectivity index (χ1n) is 6.51. The number of nitrogens with zero attached hydrogens (tertiary/aromatic N) is 1. The Morgan fingerprint density at radius 3 is 2.75 bits per heavy atom. The number of anilines is 1. The molecular formula is C14H18F2N2O2. The molecule has 1 aliphatic carbocycles. The van der Waals surface area contributed by atoms with Crippen LogP contribution in [0.2, 0.25) is 0 Å². The van der Waals surface area contributed by atoms with Crippen LogP contribution in [0.4, 0.5) is 14.7 Å². The Morgan fingerprint density at radius 1 is 1.60 bits per heavy atom. The lowest BCUT2D eigenvalue weighted by atomic mass is 9.92. The van der Waals surface area contributed by atoms with Gasteiger partial charge in [0.05, 0.1) is 5.69 Å². The van der Waals surface area contributed by atoms with Gasteiger partial charge in [0.15, 0.2) is 0 Å². The number of allylic oxidation sites excluding steroid dienone is 1. The van der Waals surface area contributed by atoms with Crippen molar-refractivity contribution >= 4 is 11.8 Å². The molecule has 0 aromatic carbocycles. The number of aromatic nitrogens is 1. The third-order valence-electron chi connectivity index (χ3n) is 3.17. The summed E-state index contributed by atoms with van der Waals surface area (Å²) < 4.78 is 30.2. The van der Waals surface area contributed by atoms with E-state index in [1.165, 1.54) is 12.2 Å². The van der Waals surface area contributed by atoms with Crippen LogP contribution in [0.5, 0.6) is 0 Å². The highest BCUT2D eigenvalue weighted by atomic mass is 19.3. The Kier molecular flexibility index (Phi) is 3.67. The molecule has 1 N–H and O–H groups in total. The zero-order valence-electron chi connectivity index (χ0n) is 11.7. The molecule has 0 aliphatic heterocycles. The van der Waals surface area contributed by atoms with Crippen LogP contribution in [0.1, 0.15) is 39.3 Å². The lowest BCUT2D eigenvalue weighted by Crippen LogP contribution is -2.11. The second-order valence-corrected chi connectivity index (χ2v) is 6.12. The summed E-state index contributed by atoms with van der Waals surface area (Å²) in [5.41, 5.74) is 0.564. The summed E-state index contributed by atoms with van der Waals surface area (Å²) in [6, 6.07) is 1.65. The quantitative estimate of drug-likeness (QED) is 0.861. The molecular weight excluding hydrogens is 266 g/mol. The number of carbonyl (C=O) groups excluding carboxylic acids is 1. The van der Waals surface area contributed by atoms with Crippen LogP contribution in [-0.2, 0) is 10.2 Å². The van der Waals surface area contributed by atoms with E-state index in [1.807, 2.05) is 20.8 Å². The van der Waals surface area contributed by atoms with E-state index in [4.69, 9.17) is 4.52 Å². The van der Waals surface area contributed by atoms with Crippen molar-refractivity contribution in [3.8, 4) is 0 Å². The van der Waals surface area contributed by atoms with Gasteiger partial charge in [0.1, 0.15) is 0 Å². The van der Waals surface area contributed by atoms with Crippen LogP contribution in [-0.4, -0.2) is 17.0 Å². The first-order chi connectivity index (χ1) is 9.18. The van der Waals surface area contributed by atoms with Crippen molar-refractivity contribution in [2.24, 2.45) is 5.92 Å². The van der Waals surface area contributed by atoms with Crippen molar-refractivity contribution in [3.63, 3.8) is 0 Å². The molecule has 1 unspecified atom stereocenters. The average molecular weight is 284 g/mol. The highest BCUT2D eigenvalue weighted by Crippen LogP contribution is 2.50. The normalized spacial score (nSPS) is 21.1. The van der Waals surface area contributed by atoms with Gasteiger partial charge in [-0.2, -0.15) is 0 Å². The molecule has 2 rings (SSSR count). The van der Waals surface area contributed by atoms with Crippen LogP contribution in [0, 0.1) is 5.92 Å². The van der Waals surface area contributed by atoms with Crippen molar-refractivity contribution < 1.29 is 18.1 Å². The molecule has 1 saturated carbocycles. The highest BCUT2D eigenvalue weighted by Gasteiger charge is 2.55. The Bertz CT molecular complexity index is 530. The molecule has 6 heteroatoms. The number of carbonyl (C=O) groups is 1. The van der Waals surface area contributed by atoms with Gasteiger partial charge in [0, 0.05) is 23.8 Å². The number of alkyl halides is 2. The molecule has 1 aromatic heterocycles. The molecule has 0 saturated heterocycles. The molecule has 4 nitrogen and oxygen atoms in total. The van der Waals surface area contributed by atoms with Gasteiger partial charge >= 0.3 is 0 Å². The zero-order chi connectivity index (χ0) is 15.0. The second-order valence-electron chi connectivity index (χ2n) is 6.12. The molecule has 0 radical (unpaired) electrons. The Hall–Kier alpha value is -1.72. The minimum absolute atomic E-state index is 0.0873. The Morgan fingerprint density at radius 2 is 2.25 bits per heavy atom. The molecule has 20 heavy (non-hydrogen) atoms. The van der Waals surface area contributed by atoms with Crippen molar-refractivity contribution in [2.75, 3.05) is 5.32 Å². The molecule has 1 aromatic rings. The predicted molar refractivity (Wildman–Crippen MR) is 70.6 cm³/mol. The van der Waals surface area contributed by atoms with Crippen LogP contribution in [0.25, 0.3) is 0 Å². The van der Waals surface area contributed by atoms with Crippen LogP contribution in [0.15, 0.2) is 22.7 Å². The number of hydrogen-bond acceptors (Lipinski definition) is 3. The minimum Gasteiger partial charge on any atom is -0.338 e. The molecule has 1 amide bonds. The lowest BCUT2D eigenvalue weighted by Gasteiger charge is -2.12. The summed E-state index contributed by atoms with van der Waals surface area (Å²) in [7, 11) is 0. The van der Waals surface area contributed by atoms with Crippen molar-refractivity contribution in [1.82, 2.24) is 5.16 Å². The van der Waals surface area contributed by atoms with Gasteiger partial charge in [0.25, 0.3) is 5.92 Å².